The van der Waals surface area contributed by atoms with Gasteiger partial charge < -0.3 is 14.7 Å². The molecule has 0 amide bonds. The fraction of sp³-hybridized carbons (Fsp3) is 0.350. The highest BCUT2D eigenvalue weighted by atomic mass is 16.6. The number of azo groups is 1. The Labute approximate surface area is 183 Å². The number of carboxylic acid groups (broad SMARTS) is 1. The third-order valence-corrected chi connectivity index (χ3v) is 4.37. The highest BCUT2D eigenvalue weighted by molar-refractivity contribution is 5.68. The molecule has 12 nitrogen and oxygen atoms in total. The summed E-state index contributed by atoms with van der Waals surface area (Å²) in [6.45, 7) is 3.27. The molecule has 12 heteroatoms. The highest BCUT2D eigenvalue weighted by Gasteiger charge is 2.19. The first-order valence-corrected chi connectivity index (χ1v) is 9.81. The van der Waals surface area contributed by atoms with Crippen LogP contribution in [0.15, 0.2) is 52.7 Å². The molecule has 2 aromatic carbocycles. The number of ether oxygens (including phenoxy) is 1. The van der Waals surface area contributed by atoms with E-state index in [1.54, 1.807) is 12.1 Å². The van der Waals surface area contributed by atoms with Gasteiger partial charge in [-0.15, -0.1) is 5.11 Å². The van der Waals surface area contributed by atoms with Crippen LogP contribution in [-0.4, -0.2) is 47.2 Å². The summed E-state index contributed by atoms with van der Waals surface area (Å²) in [6, 6.07) is 10.1. The average molecular weight is 445 g/mol. The van der Waals surface area contributed by atoms with Gasteiger partial charge in [0.2, 0.25) is 0 Å². The number of carboxylic acids is 1. The Bertz CT molecular complexity index is 979. The van der Waals surface area contributed by atoms with Gasteiger partial charge in [0.1, 0.15) is 6.61 Å². The van der Waals surface area contributed by atoms with Crippen LogP contribution in [0.5, 0.6) is 0 Å². The van der Waals surface area contributed by atoms with Crippen molar-refractivity contribution < 1.29 is 24.5 Å². The third-order valence-electron chi connectivity index (χ3n) is 4.37. The summed E-state index contributed by atoms with van der Waals surface area (Å²) in [7, 11) is 0. The topological polar surface area (TPSA) is 161 Å². The summed E-state index contributed by atoms with van der Waals surface area (Å²) in [5, 5.41) is 38.5. The van der Waals surface area contributed by atoms with Crippen LogP contribution in [-0.2, 0) is 9.53 Å². The molecule has 0 saturated carbocycles. The molecule has 170 valence electrons. The van der Waals surface area contributed by atoms with Crippen molar-refractivity contribution in [2.45, 2.75) is 19.8 Å². The standard InChI is InChI=1S/C20H23N5O7/c1-2-3-10-23(11-12-32-14-20(26)27)16-6-4-15(5-7-16)21-22-18-9-8-17(24(28)29)13-19(18)25(30)31/h4-9,13H,2-3,10-12,14H2,1H3,(H,26,27). The zero-order valence-electron chi connectivity index (χ0n) is 17.4. The number of anilines is 1. The summed E-state index contributed by atoms with van der Waals surface area (Å²) in [5.74, 6) is -1.02. The van der Waals surface area contributed by atoms with Gasteiger partial charge in [-0.05, 0) is 36.8 Å². The van der Waals surface area contributed by atoms with E-state index in [4.69, 9.17) is 9.84 Å². The first kappa shape index (κ1) is 24.3. The molecule has 0 atom stereocenters. The van der Waals surface area contributed by atoms with Crippen molar-refractivity contribution in [2.75, 3.05) is 31.2 Å². The van der Waals surface area contributed by atoms with Crippen LogP contribution in [0.1, 0.15) is 19.8 Å². The van der Waals surface area contributed by atoms with Crippen LogP contribution in [0.4, 0.5) is 28.4 Å². The number of aliphatic carboxylic acids is 1. The van der Waals surface area contributed by atoms with Crippen LogP contribution in [0.25, 0.3) is 0 Å². The molecule has 1 N–H and O–H groups in total. The molecule has 0 saturated heterocycles. The summed E-state index contributed by atoms with van der Waals surface area (Å²) >= 11 is 0. The molecule has 2 rings (SSSR count). The Kier molecular flexibility index (Phi) is 9.17. The van der Waals surface area contributed by atoms with Gasteiger partial charge in [-0.3, -0.25) is 20.2 Å². The van der Waals surface area contributed by atoms with Crippen LogP contribution in [0.3, 0.4) is 0 Å². The molecule has 0 aliphatic heterocycles. The maximum Gasteiger partial charge on any atom is 0.329 e. The van der Waals surface area contributed by atoms with Gasteiger partial charge in [0, 0.05) is 24.8 Å². The number of nitro groups is 2. The summed E-state index contributed by atoms with van der Waals surface area (Å²) in [6.07, 6.45) is 1.94. The molecular weight excluding hydrogens is 422 g/mol. The minimum Gasteiger partial charge on any atom is -0.480 e. The predicted molar refractivity (Wildman–Crippen MR) is 116 cm³/mol. The quantitative estimate of drug-likeness (QED) is 0.202. The van der Waals surface area contributed by atoms with Crippen molar-refractivity contribution in [3.8, 4) is 0 Å². The lowest BCUT2D eigenvalue weighted by Gasteiger charge is -2.24. The van der Waals surface area contributed by atoms with Crippen molar-refractivity contribution >= 4 is 34.4 Å². The summed E-state index contributed by atoms with van der Waals surface area (Å²) in [4.78, 5) is 33.2. The van der Waals surface area contributed by atoms with Crippen molar-refractivity contribution in [2.24, 2.45) is 10.2 Å². The molecule has 0 aromatic heterocycles. The van der Waals surface area contributed by atoms with Crippen LogP contribution >= 0.6 is 0 Å². The fourth-order valence-corrected chi connectivity index (χ4v) is 2.75. The number of nitro benzene ring substituents is 2. The second kappa shape index (κ2) is 12.1. The van der Waals surface area contributed by atoms with E-state index >= 15 is 0 Å². The number of non-ortho nitro benzene ring substituents is 1. The summed E-state index contributed by atoms with van der Waals surface area (Å²) in [5.41, 5.74) is 0.326. The zero-order chi connectivity index (χ0) is 23.5. The number of nitrogens with zero attached hydrogens (tertiary/aromatic N) is 5. The van der Waals surface area contributed by atoms with E-state index in [-0.39, 0.29) is 18.9 Å². The van der Waals surface area contributed by atoms with E-state index in [1.165, 1.54) is 6.07 Å². The van der Waals surface area contributed by atoms with Gasteiger partial charge in [-0.1, -0.05) is 13.3 Å². The maximum atomic E-state index is 11.2. The van der Waals surface area contributed by atoms with Crippen LogP contribution in [0.2, 0.25) is 0 Å². The van der Waals surface area contributed by atoms with Gasteiger partial charge in [0.25, 0.3) is 5.69 Å². The van der Waals surface area contributed by atoms with Gasteiger partial charge in [-0.25, -0.2) is 4.79 Å². The second-order valence-corrected chi connectivity index (χ2v) is 6.69. The van der Waals surface area contributed by atoms with Gasteiger partial charge in [-0.2, -0.15) is 5.11 Å². The number of carbonyl (C=O) groups is 1. The van der Waals surface area contributed by atoms with E-state index in [9.17, 15) is 25.0 Å². The van der Waals surface area contributed by atoms with Crippen molar-refractivity contribution in [3.05, 3.63) is 62.7 Å². The minimum atomic E-state index is -1.02. The predicted octanol–water partition coefficient (Wildman–Crippen LogP) is 4.63. The number of benzene rings is 2. The van der Waals surface area contributed by atoms with E-state index < -0.39 is 27.2 Å². The fourth-order valence-electron chi connectivity index (χ4n) is 2.75. The molecule has 0 unspecified atom stereocenters. The summed E-state index contributed by atoms with van der Waals surface area (Å²) < 4.78 is 5.12. The van der Waals surface area contributed by atoms with Gasteiger partial charge >= 0.3 is 11.7 Å². The Balaban J connectivity index is 2.13. The Morgan fingerprint density at radius 1 is 1.06 bits per heavy atom. The van der Waals surface area contributed by atoms with Crippen molar-refractivity contribution in [1.29, 1.82) is 0 Å². The molecular formula is C20H23N5O7. The molecule has 0 fully saturated rings. The van der Waals surface area contributed by atoms with E-state index in [2.05, 4.69) is 22.1 Å². The zero-order valence-corrected chi connectivity index (χ0v) is 17.4. The minimum absolute atomic E-state index is 0.0928. The lowest BCUT2D eigenvalue weighted by molar-refractivity contribution is -0.393. The van der Waals surface area contributed by atoms with E-state index in [0.29, 0.717) is 12.2 Å². The van der Waals surface area contributed by atoms with Crippen molar-refractivity contribution in [1.82, 2.24) is 0 Å². The largest absolute Gasteiger partial charge is 0.480 e. The Hall–Kier alpha value is -3.93. The Morgan fingerprint density at radius 2 is 1.78 bits per heavy atom. The first-order valence-electron chi connectivity index (χ1n) is 9.81. The van der Waals surface area contributed by atoms with Gasteiger partial charge in [0.05, 0.1) is 28.2 Å². The first-order chi connectivity index (χ1) is 15.3. The molecule has 0 aliphatic rings. The highest BCUT2D eigenvalue weighted by Crippen LogP contribution is 2.32. The average Bonchev–Trinajstić information content (AvgIpc) is 2.77. The monoisotopic (exact) mass is 445 g/mol. The smallest absolute Gasteiger partial charge is 0.329 e. The molecule has 0 aliphatic carbocycles. The molecule has 0 heterocycles. The maximum absolute atomic E-state index is 11.2. The lowest BCUT2D eigenvalue weighted by Crippen LogP contribution is -2.29. The SMILES string of the molecule is CCCCN(CCOCC(=O)O)c1ccc(N=Nc2ccc([N+](=O)[O-])cc2[N+](=O)[O-])cc1. The molecule has 0 spiro atoms. The molecule has 2 aromatic rings. The van der Waals surface area contributed by atoms with E-state index in [1.807, 2.05) is 12.1 Å². The van der Waals surface area contributed by atoms with Crippen LogP contribution in [0, 0.1) is 20.2 Å². The second-order valence-electron chi connectivity index (χ2n) is 6.69. The van der Waals surface area contributed by atoms with E-state index in [0.717, 1.165) is 37.2 Å². The number of unbranched alkanes of at least 4 members (excludes halogenated alkanes) is 1. The van der Waals surface area contributed by atoms with Gasteiger partial charge in [0.15, 0.2) is 5.69 Å². The van der Waals surface area contributed by atoms with Crippen molar-refractivity contribution in [3.63, 3.8) is 0 Å². The lowest BCUT2D eigenvalue weighted by atomic mass is 10.2. The number of hydrogen-bond acceptors (Lipinski definition) is 9. The number of rotatable bonds is 13. The molecule has 32 heavy (non-hydrogen) atoms. The third kappa shape index (κ3) is 7.40. The molecule has 0 radical (unpaired) electrons. The normalized spacial score (nSPS) is 10.9. The number of hydrogen-bond donors (Lipinski definition) is 1. The van der Waals surface area contributed by atoms with Crippen LogP contribution < -0.4 is 4.90 Å². The Morgan fingerprint density at radius 3 is 2.38 bits per heavy atom. The molecule has 0 bridgehead atoms.